The van der Waals surface area contributed by atoms with E-state index < -0.39 is 20.6 Å². The van der Waals surface area contributed by atoms with E-state index in [4.69, 9.17) is 4.74 Å². The van der Waals surface area contributed by atoms with Gasteiger partial charge in [0.2, 0.25) is 0 Å². The van der Waals surface area contributed by atoms with Gasteiger partial charge in [0.25, 0.3) is 15.7 Å². The lowest BCUT2D eigenvalue weighted by Crippen LogP contribution is -2.14. The molecule has 0 heterocycles. The van der Waals surface area contributed by atoms with Gasteiger partial charge in [-0.15, -0.1) is 0 Å². The number of nitrogens with one attached hydrogen (secondary N) is 2. The summed E-state index contributed by atoms with van der Waals surface area (Å²) in [6.07, 6.45) is 1.57. The largest absolute Gasteiger partial charge is 0.495 e. The number of benzene rings is 3. The van der Waals surface area contributed by atoms with E-state index in [1.807, 2.05) is 24.3 Å². The Morgan fingerprint density at radius 2 is 1.75 bits per heavy atom. The Hall–Kier alpha value is -3.92. The van der Waals surface area contributed by atoms with Gasteiger partial charge >= 0.3 is 0 Å². The highest BCUT2D eigenvalue weighted by atomic mass is 32.2. The van der Waals surface area contributed by atoms with E-state index in [0.29, 0.717) is 5.75 Å². The van der Waals surface area contributed by atoms with E-state index in [-0.39, 0.29) is 16.3 Å². The van der Waals surface area contributed by atoms with Gasteiger partial charge < -0.3 is 4.74 Å². The third-order valence-electron chi connectivity index (χ3n) is 5.10. The molecule has 1 aliphatic carbocycles. The summed E-state index contributed by atoms with van der Waals surface area (Å²) in [4.78, 5) is 10.7. The van der Waals surface area contributed by atoms with Crippen LogP contribution in [0.3, 0.4) is 0 Å². The first-order valence-electron chi connectivity index (χ1n) is 9.74. The fraction of sp³-hybridized carbons (Fsp3) is 0.136. The van der Waals surface area contributed by atoms with E-state index >= 15 is 0 Å². The van der Waals surface area contributed by atoms with Crippen LogP contribution in [0.5, 0.6) is 5.75 Å². The van der Waals surface area contributed by atoms with Crippen LogP contribution in [-0.4, -0.2) is 26.2 Å². The van der Waals surface area contributed by atoms with Gasteiger partial charge in [-0.2, -0.15) is 5.10 Å². The van der Waals surface area contributed by atoms with Crippen molar-refractivity contribution in [3.05, 3.63) is 88.0 Å². The Morgan fingerprint density at radius 1 is 1.00 bits per heavy atom. The van der Waals surface area contributed by atoms with Crippen LogP contribution in [0.15, 0.2) is 76.7 Å². The van der Waals surface area contributed by atoms with Crippen molar-refractivity contribution in [2.75, 3.05) is 17.3 Å². The molecule has 164 valence electrons. The van der Waals surface area contributed by atoms with Gasteiger partial charge in [0.05, 0.1) is 28.3 Å². The third-order valence-corrected chi connectivity index (χ3v) is 6.46. The number of para-hydroxylation sites is 2. The van der Waals surface area contributed by atoms with Gasteiger partial charge in [-0.05, 0) is 42.7 Å². The zero-order valence-corrected chi connectivity index (χ0v) is 17.9. The highest BCUT2D eigenvalue weighted by molar-refractivity contribution is 7.92. The zero-order valence-electron chi connectivity index (χ0n) is 17.1. The molecule has 0 aliphatic heterocycles. The Morgan fingerprint density at radius 3 is 2.53 bits per heavy atom. The average Bonchev–Trinajstić information content (AvgIpc) is 3.20. The molecule has 32 heavy (non-hydrogen) atoms. The molecule has 0 aromatic heterocycles. The molecule has 0 bridgehead atoms. The molecule has 0 amide bonds. The number of hydrogen-bond acceptors (Lipinski definition) is 7. The van der Waals surface area contributed by atoms with Crippen LogP contribution in [0.25, 0.3) is 0 Å². The molecule has 2 N–H and O–H groups in total. The minimum atomic E-state index is -4.09. The second kappa shape index (κ2) is 8.67. The highest BCUT2D eigenvalue weighted by Crippen LogP contribution is 2.31. The number of nitro benzene ring substituents is 1. The maximum atomic E-state index is 12.8. The van der Waals surface area contributed by atoms with Crippen LogP contribution in [-0.2, 0) is 16.4 Å². The molecule has 3 aromatic rings. The summed E-state index contributed by atoms with van der Waals surface area (Å²) in [6.45, 7) is 0. The number of nitrogens with zero attached hydrogens (tertiary/aromatic N) is 2. The fourth-order valence-electron chi connectivity index (χ4n) is 3.51. The molecule has 0 radical (unpaired) electrons. The topological polar surface area (TPSA) is 123 Å². The predicted octanol–water partition coefficient (Wildman–Crippen LogP) is 4.17. The minimum Gasteiger partial charge on any atom is -0.495 e. The summed E-state index contributed by atoms with van der Waals surface area (Å²) < 4.78 is 33.2. The molecule has 0 unspecified atom stereocenters. The molecule has 0 fully saturated rings. The molecule has 10 heteroatoms. The van der Waals surface area contributed by atoms with E-state index in [0.717, 1.165) is 30.2 Å². The Kier molecular flexibility index (Phi) is 5.78. The van der Waals surface area contributed by atoms with Gasteiger partial charge in [-0.3, -0.25) is 20.3 Å². The summed E-state index contributed by atoms with van der Waals surface area (Å²) in [5.41, 5.74) is 5.63. The summed E-state index contributed by atoms with van der Waals surface area (Å²) >= 11 is 0. The van der Waals surface area contributed by atoms with Crippen LogP contribution in [0.1, 0.15) is 17.5 Å². The zero-order chi connectivity index (χ0) is 22.7. The molecule has 0 saturated carbocycles. The van der Waals surface area contributed by atoms with Crippen LogP contribution in [0.4, 0.5) is 17.1 Å². The van der Waals surface area contributed by atoms with Crippen molar-refractivity contribution in [2.45, 2.75) is 17.7 Å². The van der Waals surface area contributed by atoms with Gasteiger partial charge in [-0.1, -0.05) is 36.4 Å². The number of fused-ring (bicyclic) bond motifs is 1. The second-order valence-corrected chi connectivity index (χ2v) is 8.75. The van der Waals surface area contributed by atoms with Crippen molar-refractivity contribution < 1.29 is 18.1 Å². The number of sulfonamides is 1. The van der Waals surface area contributed by atoms with Gasteiger partial charge in [0, 0.05) is 11.6 Å². The van der Waals surface area contributed by atoms with Crippen molar-refractivity contribution in [2.24, 2.45) is 5.10 Å². The standard InChI is InChI=1S/C22H20N4O5S/c1-31-22-9-5-4-8-20(22)25-32(29,30)16-11-13-19(21(14-16)26(27)28)24-23-18-12-10-15-6-2-3-7-17(15)18/h2-9,11,13-14,24-25H,10,12H2,1H3/b23-18+. The summed E-state index contributed by atoms with van der Waals surface area (Å²) in [5.74, 6) is 0.330. The summed E-state index contributed by atoms with van der Waals surface area (Å²) in [7, 11) is -2.67. The SMILES string of the molecule is COc1ccccc1NS(=O)(=O)c1ccc(N/N=C2\CCc3ccccc32)c([N+](=O)[O-])c1. The Balaban J connectivity index is 1.62. The fourth-order valence-corrected chi connectivity index (χ4v) is 4.60. The van der Waals surface area contributed by atoms with E-state index in [9.17, 15) is 18.5 Å². The van der Waals surface area contributed by atoms with Crippen LogP contribution >= 0.6 is 0 Å². The first kappa shape index (κ1) is 21.3. The lowest BCUT2D eigenvalue weighted by atomic mass is 10.1. The molecule has 0 saturated heterocycles. The van der Waals surface area contributed by atoms with E-state index in [1.54, 1.807) is 18.2 Å². The van der Waals surface area contributed by atoms with Crippen LogP contribution < -0.4 is 14.9 Å². The summed E-state index contributed by atoms with van der Waals surface area (Å²) in [6, 6.07) is 18.0. The number of methoxy groups -OCH3 is 1. The van der Waals surface area contributed by atoms with Gasteiger partial charge in [-0.25, -0.2) is 8.42 Å². The highest BCUT2D eigenvalue weighted by Gasteiger charge is 2.23. The average molecular weight is 452 g/mol. The normalized spacial score (nSPS) is 14.1. The monoisotopic (exact) mass is 452 g/mol. The quantitative estimate of drug-likeness (QED) is 0.410. The number of anilines is 2. The van der Waals surface area contributed by atoms with Crippen molar-refractivity contribution in [1.82, 2.24) is 0 Å². The first-order valence-corrected chi connectivity index (χ1v) is 11.2. The lowest BCUT2D eigenvalue weighted by molar-refractivity contribution is -0.384. The van der Waals surface area contributed by atoms with Crippen molar-refractivity contribution >= 4 is 32.8 Å². The van der Waals surface area contributed by atoms with E-state index in [1.165, 1.54) is 30.9 Å². The number of aryl methyl sites for hydroxylation is 1. The molecule has 9 nitrogen and oxygen atoms in total. The van der Waals surface area contributed by atoms with Crippen molar-refractivity contribution in [1.29, 1.82) is 0 Å². The smallest absolute Gasteiger partial charge is 0.295 e. The molecule has 0 spiro atoms. The lowest BCUT2D eigenvalue weighted by Gasteiger charge is -2.12. The number of rotatable bonds is 7. The Bertz CT molecular complexity index is 1320. The molecule has 0 atom stereocenters. The number of hydrazone groups is 1. The second-order valence-electron chi connectivity index (χ2n) is 7.07. The Labute approximate surface area is 184 Å². The number of ether oxygens (including phenoxy) is 1. The molecule has 4 rings (SSSR count). The van der Waals surface area contributed by atoms with E-state index in [2.05, 4.69) is 15.2 Å². The van der Waals surface area contributed by atoms with Gasteiger partial charge in [0.15, 0.2) is 0 Å². The van der Waals surface area contributed by atoms with Crippen molar-refractivity contribution in [3.63, 3.8) is 0 Å². The molecular weight excluding hydrogens is 432 g/mol. The maximum absolute atomic E-state index is 12.8. The first-order chi connectivity index (χ1) is 15.4. The molecular formula is C22H20N4O5S. The number of nitro groups is 1. The predicted molar refractivity (Wildman–Crippen MR) is 122 cm³/mol. The summed E-state index contributed by atoms with van der Waals surface area (Å²) in [5, 5.41) is 16.0. The molecule has 1 aliphatic rings. The van der Waals surface area contributed by atoms with Gasteiger partial charge in [0.1, 0.15) is 11.4 Å². The van der Waals surface area contributed by atoms with Crippen molar-refractivity contribution in [3.8, 4) is 5.75 Å². The van der Waals surface area contributed by atoms with Crippen LogP contribution in [0.2, 0.25) is 0 Å². The minimum absolute atomic E-state index is 0.100. The third kappa shape index (κ3) is 4.26. The van der Waals surface area contributed by atoms with Crippen LogP contribution in [0, 0.1) is 10.1 Å². The molecule has 3 aromatic carbocycles. The maximum Gasteiger partial charge on any atom is 0.295 e. The number of hydrogen-bond donors (Lipinski definition) is 2.